The molecule has 98 valence electrons. The van der Waals surface area contributed by atoms with E-state index in [1.807, 2.05) is 6.92 Å². The standard InChI is InChI=1S/C11H14FN3O3/c1-3-15(2)8(16)6-14-10-9(12)7(11(17)18)4-5-13-10/h4-5H,3,6H2,1-2H3,(H,13,14)(H,17,18). The SMILES string of the molecule is CCN(C)C(=O)CNc1nccc(C(=O)O)c1F. The minimum atomic E-state index is -1.38. The molecule has 0 atom stereocenters. The van der Waals surface area contributed by atoms with E-state index in [0.29, 0.717) is 6.54 Å². The lowest BCUT2D eigenvalue weighted by molar-refractivity contribution is -0.127. The third-order valence-electron chi connectivity index (χ3n) is 2.43. The maximum Gasteiger partial charge on any atom is 0.338 e. The Morgan fingerprint density at radius 3 is 2.78 bits per heavy atom. The number of hydrogen-bond donors (Lipinski definition) is 2. The van der Waals surface area contributed by atoms with Crippen molar-refractivity contribution < 1.29 is 19.1 Å². The van der Waals surface area contributed by atoms with Crippen molar-refractivity contribution in [2.24, 2.45) is 0 Å². The van der Waals surface area contributed by atoms with Crippen LogP contribution in [0.5, 0.6) is 0 Å². The molecule has 0 bridgehead atoms. The molecule has 1 aromatic rings. The maximum absolute atomic E-state index is 13.6. The van der Waals surface area contributed by atoms with Crippen molar-refractivity contribution in [3.05, 3.63) is 23.6 Å². The summed E-state index contributed by atoms with van der Waals surface area (Å²) in [5.74, 6) is -2.83. The number of pyridine rings is 1. The Morgan fingerprint density at radius 2 is 2.22 bits per heavy atom. The molecule has 0 aliphatic carbocycles. The van der Waals surface area contributed by atoms with Crippen LogP contribution < -0.4 is 5.32 Å². The van der Waals surface area contributed by atoms with Gasteiger partial charge in [-0.15, -0.1) is 0 Å². The number of nitrogens with zero attached hydrogens (tertiary/aromatic N) is 2. The molecule has 6 nitrogen and oxygen atoms in total. The van der Waals surface area contributed by atoms with E-state index in [1.165, 1.54) is 11.1 Å². The number of carboxylic acid groups (broad SMARTS) is 1. The number of carbonyl (C=O) groups is 2. The van der Waals surface area contributed by atoms with Crippen LogP contribution in [0.3, 0.4) is 0 Å². The van der Waals surface area contributed by atoms with Crippen LogP contribution in [0.25, 0.3) is 0 Å². The van der Waals surface area contributed by atoms with Crippen molar-refractivity contribution in [2.75, 3.05) is 25.5 Å². The summed E-state index contributed by atoms with van der Waals surface area (Å²) in [6.07, 6.45) is 1.17. The second-order valence-corrected chi connectivity index (χ2v) is 3.59. The van der Waals surface area contributed by atoms with Crippen LogP contribution in [0, 0.1) is 5.82 Å². The molecule has 7 heteroatoms. The number of rotatable bonds is 5. The minimum Gasteiger partial charge on any atom is -0.478 e. The van der Waals surface area contributed by atoms with Gasteiger partial charge in [0, 0.05) is 19.8 Å². The Labute approximate surface area is 103 Å². The molecule has 0 aliphatic heterocycles. The molecule has 0 saturated heterocycles. The van der Waals surface area contributed by atoms with Gasteiger partial charge in [0.05, 0.1) is 6.54 Å². The summed E-state index contributed by atoms with van der Waals surface area (Å²) < 4.78 is 13.6. The van der Waals surface area contributed by atoms with Gasteiger partial charge in [-0.2, -0.15) is 0 Å². The highest BCUT2D eigenvalue weighted by molar-refractivity contribution is 5.89. The number of aromatic carboxylic acids is 1. The van der Waals surface area contributed by atoms with Crippen molar-refractivity contribution in [1.29, 1.82) is 0 Å². The Bertz CT molecular complexity index is 465. The van der Waals surface area contributed by atoms with Crippen LogP contribution in [0.2, 0.25) is 0 Å². The highest BCUT2D eigenvalue weighted by Gasteiger charge is 2.16. The molecule has 1 aromatic heterocycles. The molecule has 0 spiro atoms. The van der Waals surface area contributed by atoms with Crippen molar-refractivity contribution in [2.45, 2.75) is 6.92 Å². The van der Waals surface area contributed by atoms with Gasteiger partial charge in [0.15, 0.2) is 11.6 Å². The number of carbonyl (C=O) groups excluding carboxylic acids is 1. The molecular weight excluding hydrogens is 241 g/mol. The average Bonchev–Trinajstić information content (AvgIpc) is 2.35. The Morgan fingerprint density at radius 1 is 1.56 bits per heavy atom. The molecule has 1 heterocycles. The first-order chi connectivity index (χ1) is 8.47. The van der Waals surface area contributed by atoms with Gasteiger partial charge in [-0.3, -0.25) is 4.79 Å². The normalized spacial score (nSPS) is 9.94. The molecule has 18 heavy (non-hydrogen) atoms. The summed E-state index contributed by atoms with van der Waals surface area (Å²) in [4.78, 5) is 27.3. The maximum atomic E-state index is 13.6. The van der Waals surface area contributed by atoms with Crippen LogP contribution in [0.4, 0.5) is 10.2 Å². The number of amides is 1. The summed E-state index contributed by atoms with van der Waals surface area (Å²) in [6, 6.07) is 1.06. The second kappa shape index (κ2) is 5.95. The fourth-order valence-electron chi connectivity index (χ4n) is 1.20. The summed E-state index contributed by atoms with van der Waals surface area (Å²) in [6.45, 7) is 2.20. The largest absolute Gasteiger partial charge is 0.478 e. The molecule has 1 rings (SSSR count). The first-order valence-corrected chi connectivity index (χ1v) is 5.33. The van der Waals surface area contributed by atoms with Crippen LogP contribution in [0.15, 0.2) is 12.3 Å². The van der Waals surface area contributed by atoms with Gasteiger partial charge < -0.3 is 15.3 Å². The van der Waals surface area contributed by atoms with Crippen LogP contribution in [-0.4, -0.2) is 47.0 Å². The van der Waals surface area contributed by atoms with Crippen LogP contribution in [0.1, 0.15) is 17.3 Å². The number of nitrogens with one attached hydrogen (secondary N) is 1. The molecule has 0 aliphatic rings. The van der Waals surface area contributed by atoms with E-state index in [4.69, 9.17) is 5.11 Å². The molecule has 0 unspecified atom stereocenters. The zero-order valence-electron chi connectivity index (χ0n) is 10.1. The fourth-order valence-corrected chi connectivity index (χ4v) is 1.20. The van der Waals surface area contributed by atoms with Crippen molar-refractivity contribution in [1.82, 2.24) is 9.88 Å². The van der Waals surface area contributed by atoms with E-state index in [-0.39, 0.29) is 18.3 Å². The van der Waals surface area contributed by atoms with Crippen LogP contribution in [-0.2, 0) is 4.79 Å². The lowest BCUT2D eigenvalue weighted by atomic mass is 10.2. The first-order valence-electron chi connectivity index (χ1n) is 5.33. The molecule has 1 amide bonds. The summed E-state index contributed by atoms with van der Waals surface area (Å²) in [5, 5.41) is 11.2. The molecular formula is C11H14FN3O3. The average molecular weight is 255 g/mol. The predicted octanol–water partition coefficient (Wildman–Crippen LogP) is 0.809. The highest BCUT2D eigenvalue weighted by Crippen LogP contribution is 2.14. The van der Waals surface area contributed by atoms with E-state index in [0.717, 1.165) is 6.07 Å². The van der Waals surface area contributed by atoms with Gasteiger partial charge in [-0.1, -0.05) is 0 Å². The van der Waals surface area contributed by atoms with Gasteiger partial charge >= 0.3 is 5.97 Å². The van der Waals surface area contributed by atoms with E-state index in [2.05, 4.69) is 10.3 Å². The zero-order valence-corrected chi connectivity index (χ0v) is 10.1. The number of aromatic nitrogens is 1. The number of likely N-dealkylation sites (N-methyl/N-ethyl adjacent to an activating group) is 1. The molecule has 0 saturated carbocycles. The summed E-state index contributed by atoms with van der Waals surface area (Å²) >= 11 is 0. The highest BCUT2D eigenvalue weighted by atomic mass is 19.1. The smallest absolute Gasteiger partial charge is 0.338 e. The number of hydrogen-bond acceptors (Lipinski definition) is 4. The van der Waals surface area contributed by atoms with Gasteiger partial charge in [0.25, 0.3) is 0 Å². The molecule has 0 aromatic carbocycles. The van der Waals surface area contributed by atoms with Gasteiger partial charge in [-0.05, 0) is 13.0 Å². The lowest BCUT2D eigenvalue weighted by Crippen LogP contribution is -2.32. The van der Waals surface area contributed by atoms with Crippen LogP contribution >= 0.6 is 0 Å². The number of halogens is 1. The first kappa shape index (κ1) is 13.9. The van der Waals surface area contributed by atoms with Crippen molar-refractivity contribution >= 4 is 17.7 Å². The van der Waals surface area contributed by atoms with Crippen molar-refractivity contribution in [3.8, 4) is 0 Å². The lowest BCUT2D eigenvalue weighted by Gasteiger charge is -2.15. The zero-order chi connectivity index (χ0) is 13.7. The van der Waals surface area contributed by atoms with Gasteiger partial charge in [-0.25, -0.2) is 14.2 Å². The Hall–Kier alpha value is -2.18. The van der Waals surface area contributed by atoms with E-state index in [1.54, 1.807) is 7.05 Å². The fraction of sp³-hybridized carbons (Fsp3) is 0.364. The third-order valence-corrected chi connectivity index (χ3v) is 2.43. The topological polar surface area (TPSA) is 82.5 Å². The number of carboxylic acids is 1. The predicted molar refractivity (Wildman–Crippen MR) is 63.0 cm³/mol. The number of anilines is 1. The van der Waals surface area contributed by atoms with Gasteiger partial charge in [0.1, 0.15) is 5.56 Å². The molecule has 0 radical (unpaired) electrons. The third kappa shape index (κ3) is 3.16. The van der Waals surface area contributed by atoms with Crippen molar-refractivity contribution in [3.63, 3.8) is 0 Å². The summed E-state index contributed by atoms with van der Waals surface area (Å²) in [7, 11) is 1.61. The molecule has 2 N–H and O–H groups in total. The monoisotopic (exact) mass is 255 g/mol. The van der Waals surface area contributed by atoms with E-state index < -0.39 is 17.3 Å². The van der Waals surface area contributed by atoms with E-state index >= 15 is 0 Å². The van der Waals surface area contributed by atoms with Gasteiger partial charge in [0.2, 0.25) is 5.91 Å². The molecule has 0 fully saturated rings. The Kier molecular flexibility index (Phi) is 4.59. The summed E-state index contributed by atoms with van der Waals surface area (Å²) in [5.41, 5.74) is -0.483. The van der Waals surface area contributed by atoms with E-state index in [9.17, 15) is 14.0 Å². The minimum absolute atomic E-state index is 0.142. The Balaban J connectivity index is 2.77. The quantitative estimate of drug-likeness (QED) is 0.813. The second-order valence-electron chi connectivity index (χ2n) is 3.59.